The molecular weight excluding hydrogens is 226 g/mol. The molecule has 0 aliphatic carbocycles. The molecule has 1 rings (SSSR count). The smallest absolute Gasteiger partial charge is 0.317 e. The summed E-state index contributed by atoms with van der Waals surface area (Å²) in [5, 5.41) is 14.0. The van der Waals surface area contributed by atoms with Crippen LogP contribution in [0.3, 0.4) is 0 Å². The van der Waals surface area contributed by atoms with Crippen molar-refractivity contribution in [3.63, 3.8) is 0 Å². The first-order valence-corrected chi connectivity index (χ1v) is 5.36. The van der Waals surface area contributed by atoms with Gasteiger partial charge in [0.15, 0.2) is 0 Å². The molecule has 0 aromatic heterocycles. The summed E-state index contributed by atoms with van der Waals surface area (Å²) in [7, 11) is 0. The van der Waals surface area contributed by atoms with E-state index in [2.05, 4.69) is 10.6 Å². The molecule has 0 unspecified atom stereocenters. The molecule has 1 aliphatic rings. The minimum atomic E-state index is -1.02. The summed E-state index contributed by atoms with van der Waals surface area (Å²) in [6, 6.07) is -0.408. The first-order valence-electron chi connectivity index (χ1n) is 5.36. The highest BCUT2D eigenvalue weighted by atomic mass is 16.4. The standard InChI is InChI=1S/C10H17N3O4/c1-10(2,8(15)16)6-12-9(17)13-4-3-11-7(14)5-13/h3-6H2,1-2H3,(H,11,14)(H,12,17)(H,15,16). The number of piperazine rings is 1. The van der Waals surface area contributed by atoms with Gasteiger partial charge in [0.05, 0.1) is 5.41 Å². The van der Waals surface area contributed by atoms with Crippen LogP contribution < -0.4 is 10.6 Å². The van der Waals surface area contributed by atoms with Crippen molar-refractivity contribution in [2.24, 2.45) is 5.41 Å². The molecule has 0 aromatic carbocycles. The van der Waals surface area contributed by atoms with Crippen LogP contribution in [0.5, 0.6) is 0 Å². The Morgan fingerprint density at radius 2 is 2.18 bits per heavy atom. The van der Waals surface area contributed by atoms with Crippen LogP contribution in [0.2, 0.25) is 0 Å². The Morgan fingerprint density at radius 1 is 1.53 bits per heavy atom. The lowest BCUT2D eigenvalue weighted by molar-refractivity contribution is -0.146. The van der Waals surface area contributed by atoms with Crippen molar-refractivity contribution in [3.8, 4) is 0 Å². The number of urea groups is 1. The maximum Gasteiger partial charge on any atom is 0.317 e. The van der Waals surface area contributed by atoms with E-state index in [1.807, 2.05) is 0 Å². The number of nitrogens with zero attached hydrogens (tertiary/aromatic N) is 1. The van der Waals surface area contributed by atoms with E-state index < -0.39 is 17.4 Å². The van der Waals surface area contributed by atoms with E-state index >= 15 is 0 Å². The second-order valence-electron chi connectivity index (χ2n) is 4.62. The Kier molecular flexibility index (Phi) is 3.93. The fraction of sp³-hybridized carbons (Fsp3) is 0.700. The Balaban J connectivity index is 2.44. The Morgan fingerprint density at radius 3 is 2.71 bits per heavy atom. The van der Waals surface area contributed by atoms with Gasteiger partial charge in [-0.1, -0.05) is 0 Å². The first-order chi connectivity index (χ1) is 7.83. The van der Waals surface area contributed by atoms with Crippen molar-refractivity contribution in [2.45, 2.75) is 13.8 Å². The fourth-order valence-electron chi connectivity index (χ4n) is 1.30. The van der Waals surface area contributed by atoms with Crippen LogP contribution in [-0.2, 0) is 9.59 Å². The topological polar surface area (TPSA) is 98.7 Å². The summed E-state index contributed by atoms with van der Waals surface area (Å²) in [6.07, 6.45) is 0. The van der Waals surface area contributed by atoms with Gasteiger partial charge >= 0.3 is 12.0 Å². The highest BCUT2D eigenvalue weighted by Crippen LogP contribution is 2.13. The molecule has 3 N–H and O–H groups in total. The number of carbonyl (C=O) groups is 3. The molecular formula is C10H17N3O4. The van der Waals surface area contributed by atoms with Gasteiger partial charge in [-0.3, -0.25) is 9.59 Å². The quantitative estimate of drug-likeness (QED) is 0.606. The number of rotatable bonds is 3. The van der Waals surface area contributed by atoms with Crippen LogP contribution in [0.1, 0.15) is 13.8 Å². The molecule has 1 saturated heterocycles. The van der Waals surface area contributed by atoms with E-state index in [1.54, 1.807) is 0 Å². The lowest BCUT2D eigenvalue weighted by Gasteiger charge is -2.28. The zero-order valence-corrected chi connectivity index (χ0v) is 9.95. The van der Waals surface area contributed by atoms with E-state index in [-0.39, 0.29) is 19.0 Å². The maximum absolute atomic E-state index is 11.7. The van der Waals surface area contributed by atoms with Gasteiger partial charge in [-0.2, -0.15) is 0 Å². The largest absolute Gasteiger partial charge is 0.481 e. The van der Waals surface area contributed by atoms with Crippen LogP contribution >= 0.6 is 0 Å². The first kappa shape index (κ1) is 13.3. The number of carboxylic acid groups (broad SMARTS) is 1. The van der Waals surface area contributed by atoms with E-state index in [0.717, 1.165) is 0 Å². The molecule has 17 heavy (non-hydrogen) atoms. The van der Waals surface area contributed by atoms with Gasteiger partial charge in [-0.25, -0.2) is 4.79 Å². The van der Waals surface area contributed by atoms with Crippen LogP contribution in [0.25, 0.3) is 0 Å². The Bertz CT molecular complexity index is 340. The molecule has 0 aromatic rings. The molecule has 0 bridgehead atoms. The predicted molar refractivity (Wildman–Crippen MR) is 59.4 cm³/mol. The minimum Gasteiger partial charge on any atom is -0.481 e. The number of carbonyl (C=O) groups excluding carboxylic acids is 2. The number of aliphatic carboxylic acids is 1. The summed E-state index contributed by atoms with van der Waals surface area (Å²) < 4.78 is 0. The highest BCUT2D eigenvalue weighted by molar-refractivity contribution is 5.85. The second kappa shape index (κ2) is 5.03. The lowest BCUT2D eigenvalue weighted by atomic mass is 9.94. The van der Waals surface area contributed by atoms with Gasteiger partial charge in [-0.15, -0.1) is 0 Å². The monoisotopic (exact) mass is 243 g/mol. The van der Waals surface area contributed by atoms with Gasteiger partial charge in [0, 0.05) is 19.6 Å². The number of carboxylic acids is 1. The van der Waals surface area contributed by atoms with Crippen molar-refractivity contribution in [1.29, 1.82) is 0 Å². The molecule has 7 heteroatoms. The van der Waals surface area contributed by atoms with Gasteiger partial charge in [-0.05, 0) is 13.8 Å². The van der Waals surface area contributed by atoms with Crippen molar-refractivity contribution >= 4 is 17.9 Å². The van der Waals surface area contributed by atoms with E-state index in [9.17, 15) is 14.4 Å². The normalized spacial score (nSPS) is 16.4. The molecule has 3 amide bonds. The van der Waals surface area contributed by atoms with Crippen LogP contribution in [0.4, 0.5) is 4.79 Å². The summed E-state index contributed by atoms with van der Waals surface area (Å²) in [6.45, 7) is 3.95. The molecule has 0 radical (unpaired) electrons. The predicted octanol–water partition coefficient (Wildman–Crippen LogP) is -0.761. The molecule has 0 atom stereocenters. The molecule has 0 spiro atoms. The van der Waals surface area contributed by atoms with Gasteiger partial charge < -0.3 is 20.6 Å². The second-order valence-corrected chi connectivity index (χ2v) is 4.62. The number of hydrogen-bond donors (Lipinski definition) is 3. The van der Waals surface area contributed by atoms with Gasteiger partial charge in [0.25, 0.3) is 0 Å². The van der Waals surface area contributed by atoms with E-state index in [1.165, 1.54) is 18.7 Å². The highest BCUT2D eigenvalue weighted by Gasteiger charge is 2.29. The molecule has 1 aliphatic heterocycles. The Hall–Kier alpha value is -1.79. The molecule has 96 valence electrons. The minimum absolute atomic E-state index is 0.0132. The SMILES string of the molecule is CC(C)(CNC(=O)N1CCNC(=O)C1)C(=O)O. The number of amides is 3. The van der Waals surface area contributed by atoms with E-state index in [4.69, 9.17) is 5.11 Å². The third-order valence-corrected chi connectivity index (χ3v) is 2.59. The fourth-order valence-corrected chi connectivity index (χ4v) is 1.30. The summed E-state index contributed by atoms with van der Waals surface area (Å²) in [5.74, 6) is -1.18. The van der Waals surface area contributed by atoms with Crippen LogP contribution in [-0.4, -0.2) is 54.1 Å². The van der Waals surface area contributed by atoms with Crippen molar-refractivity contribution in [1.82, 2.24) is 15.5 Å². The molecule has 7 nitrogen and oxygen atoms in total. The Labute approximate surface area is 99.2 Å². The van der Waals surface area contributed by atoms with Gasteiger partial charge in [0.2, 0.25) is 5.91 Å². The average Bonchev–Trinajstić information content (AvgIpc) is 2.25. The molecule has 1 heterocycles. The van der Waals surface area contributed by atoms with Crippen molar-refractivity contribution in [2.75, 3.05) is 26.2 Å². The average molecular weight is 243 g/mol. The van der Waals surface area contributed by atoms with Gasteiger partial charge in [0.1, 0.15) is 6.54 Å². The lowest BCUT2D eigenvalue weighted by Crippen LogP contribution is -2.54. The summed E-state index contributed by atoms with van der Waals surface area (Å²) in [5.41, 5.74) is -1.02. The zero-order valence-electron chi connectivity index (χ0n) is 9.95. The number of hydrogen-bond acceptors (Lipinski definition) is 3. The van der Waals surface area contributed by atoms with Crippen molar-refractivity contribution < 1.29 is 19.5 Å². The third-order valence-electron chi connectivity index (χ3n) is 2.59. The number of nitrogens with one attached hydrogen (secondary N) is 2. The van der Waals surface area contributed by atoms with E-state index in [0.29, 0.717) is 13.1 Å². The molecule has 0 saturated carbocycles. The van der Waals surface area contributed by atoms with Crippen molar-refractivity contribution in [3.05, 3.63) is 0 Å². The third kappa shape index (κ3) is 3.61. The summed E-state index contributed by atoms with van der Waals surface area (Å²) >= 11 is 0. The maximum atomic E-state index is 11.7. The summed E-state index contributed by atoms with van der Waals surface area (Å²) in [4.78, 5) is 34.9. The molecule has 1 fully saturated rings. The van der Waals surface area contributed by atoms with Crippen LogP contribution in [0.15, 0.2) is 0 Å². The van der Waals surface area contributed by atoms with Crippen LogP contribution in [0, 0.1) is 5.41 Å². The zero-order chi connectivity index (χ0) is 13.1.